The van der Waals surface area contributed by atoms with Gasteiger partial charge in [0.15, 0.2) is 5.82 Å². The van der Waals surface area contributed by atoms with Crippen molar-refractivity contribution in [3.63, 3.8) is 0 Å². The van der Waals surface area contributed by atoms with Gasteiger partial charge in [-0.15, -0.1) is 0 Å². The number of amides is 2. The van der Waals surface area contributed by atoms with Crippen LogP contribution in [0, 0.1) is 0 Å². The van der Waals surface area contributed by atoms with Gasteiger partial charge in [-0.3, -0.25) is 9.69 Å². The Morgan fingerprint density at radius 3 is 2.94 bits per heavy atom. The van der Waals surface area contributed by atoms with Crippen molar-refractivity contribution in [1.29, 1.82) is 0 Å². The SMILES string of the molecule is CC(C)OC(=O)N1c2cncnc2NC(=O)[C@@H]1C. The lowest BCUT2D eigenvalue weighted by atomic mass is 10.2. The summed E-state index contributed by atoms with van der Waals surface area (Å²) in [5.74, 6) is 0.00992. The maximum Gasteiger partial charge on any atom is 0.415 e. The molecule has 0 spiro atoms. The van der Waals surface area contributed by atoms with Crippen LogP contribution in [0.4, 0.5) is 16.3 Å². The molecular weight excluding hydrogens is 236 g/mol. The molecule has 0 aromatic carbocycles. The Hall–Kier alpha value is -2.18. The first kappa shape index (κ1) is 12.3. The number of nitrogens with zero attached hydrogens (tertiary/aromatic N) is 3. The highest BCUT2D eigenvalue weighted by molar-refractivity contribution is 6.09. The molecule has 1 aliphatic heterocycles. The molecule has 7 heteroatoms. The standard InChI is InChI=1S/C11H14N4O3/c1-6(2)18-11(17)15-7(3)10(16)14-9-8(15)4-12-5-13-9/h4-7H,1-3H3,(H,12,13,14,16)/t7-/m0/s1. The third kappa shape index (κ3) is 2.11. The number of aromatic nitrogens is 2. The van der Waals surface area contributed by atoms with Crippen molar-refractivity contribution in [3.8, 4) is 0 Å². The molecule has 0 aliphatic carbocycles. The first-order chi connectivity index (χ1) is 8.50. The number of hydrogen-bond donors (Lipinski definition) is 1. The van der Waals surface area contributed by atoms with Gasteiger partial charge >= 0.3 is 6.09 Å². The Morgan fingerprint density at radius 2 is 2.28 bits per heavy atom. The van der Waals surface area contributed by atoms with Crippen LogP contribution in [-0.2, 0) is 9.53 Å². The Bertz CT molecular complexity index is 489. The van der Waals surface area contributed by atoms with E-state index in [1.54, 1.807) is 20.8 Å². The maximum atomic E-state index is 12.0. The van der Waals surface area contributed by atoms with Gasteiger partial charge in [0.1, 0.15) is 18.1 Å². The molecule has 18 heavy (non-hydrogen) atoms. The number of carbonyl (C=O) groups is 2. The highest BCUT2D eigenvalue weighted by Crippen LogP contribution is 2.29. The molecule has 0 fully saturated rings. The zero-order valence-electron chi connectivity index (χ0n) is 10.4. The lowest BCUT2D eigenvalue weighted by molar-refractivity contribution is -0.117. The van der Waals surface area contributed by atoms with E-state index in [-0.39, 0.29) is 12.0 Å². The minimum atomic E-state index is -0.658. The molecule has 1 atom stereocenters. The Morgan fingerprint density at radius 1 is 1.56 bits per heavy atom. The molecule has 2 heterocycles. The predicted octanol–water partition coefficient (Wildman–Crippen LogP) is 1.17. The Labute approximate surface area is 104 Å². The fourth-order valence-electron chi connectivity index (χ4n) is 1.66. The van der Waals surface area contributed by atoms with Crippen molar-refractivity contribution in [2.45, 2.75) is 32.9 Å². The largest absolute Gasteiger partial charge is 0.446 e. The van der Waals surface area contributed by atoms with Crippen molar-refractivity contribution >= 4 is 23.5 Å². The molecule has 1 aromatic heterocycles. The summed E-state index contributed by atoms with van der Waals surface area (Å²) in [7, 11) is 0. The van der Waals surface area contributed by atoms with Gasteiger partial charge in [0.2, 0.25) is 5.91 Å². The molecule has 1 aliphatic rings. The van der Waals surface area contributed by atoms with Crippen LogP contribution < -0.4 is 10.2 Å². The van der Waals surface area contributed by atoms with E-state index < -0.39 is 12.1 Å². The summed E-state index contributed by atoms with van der Waals surface area (Å²) >= 11 is 0. The first-order valence-electron chi connectivity index (χ1n) is 5.61. The number of rotatable bonds is 1. The molecule has 1 N–H and O–H groups in total. The monoisotopic (exact) mass is 250 g/mol. The van der Waals surface area contributed by atoms with Crippen LogP contribution in [-0.4, -0.2) is 34.1 Å². The van der Waals surface area contributed by atoms with Gasteiger partial charge in [-0.1, -0.05) is 0 Å². The molecule has 0 saturated carbocycles. The van der Waals surface area contributed by atoms with Gasteiger partial charge in [0, 0.05) is 0 Å². The van der Waals surface area contributed by atoms with Crippen LogP contribution >= 0.6 is 0 Å². The van der Waals surface area contributed by atoms with E-state index in [4.69, 9.17) is 4.74 Å². The van der Waals surface area contributed by atoms with Gasteiger partial charge < -0.3 is 10.1 Å². The molecule has 0 bridgehead atoms. The van der Waals surface area contributed by atoms with Crippen molar-refractivity contribution in [3.05, 3.63) is 12.5 Å². The van der Waals surface area contributed by atoms with Gasteiger partial charge in [-0.2, -0.15) is 0 Å². The van der Waals surface area contributed by atoms with Crippen LogP contribution in [0.5, 0.6) is 0 Å². The quantitative estimate of drug-likeness (QED) is 0.808. The third-order valence-electron chi connectivity index (χ3n) is 2.49. The maximum absolute atomic E-state index is 12.0. The summed E-state index contributed by atoms with van der Waals surface area (Å²) in [4.78, 5) is 32.8. The summed E-state index contributed by atoms with van der Waals surface area (Å²) in [5.41, 5.74) is 0.440. The van der Waals surface area contributed by atoms with E-state index in [9.17, 15) is 9.59 Å². The number of anilines is 2. The van der Waals surface area contributed by atoms with E-state index in [0.29, 0.717) is 11.5 Å². The summed E-state index contributed by atoms with van der Waals surface area (Å²) in [6, 6.07) is -0.658. The second kappa shape index (κ2) is 4.59. The lowest BCUT2D eigenvalue weighted by Gasteiger charge is -2.32. The van der Waals surface area contributed by atoms with Gasteiger partial charge in [0.05, 0.1) is 12.3 Å². The zero-order chi connectivity index (χ0) is 13.3. The van der Waals surface area contributed by atoms with E-state index in [2.05, 4.69) is 15.3 Å². The van der Waals surface area contributed by atoms with Crippen LogP contribution in [0.1, 0.15) is 20.8 Å². The smallest absolute Gasteiger partial charge is 0.415 e. The average molecular weight is 250 g/mol. The van der Waals surface area contributed by atoms with Crippen LogP contribution in [0.25, 0.3) is 0 Å². The third-order valence-corrected chi connectivity index (χ3v) is 2.49. The van der Waals surface area contributed by atoms with E-state index in [1.807, 2.05) is 0 Å². The van der Waals surface area contributed by atoms with Crippen LogP contribution in [0.15, 0.2) is 12.5 Å². The Balaban J connectivity index is 2.38. The Kier molecular flexibility index (Phi) is 3.14. The molecular formula is C11H14N4O3. The van der Waals surface area contributed by atoms with E-state index in [0.717, 1.165) is 0 Å². The highest BCUT2D eigenvalue weighted by atomic mass is 16.6. The minimum Gasteiger partial charge on any atom is -0.446 e. The number of carbonyl (C=O) groups excluding carboxylic acids is 2. The molecule has 0 radical (unpaired) electrons. The normalized spacial score (nSPS) is 18.3. The number of nitrogens with one attached hydrogen (secondary N) is 1. The summed E-state index contributed by atoms with van der Waals surface area (Å²) in [6.45, 7) is 5.11. The van der Waals surface area contributed by atoms with Crippen molar-refractivity contribution < 1.29 is 14.3 Å². The second-order valence-corrected chi connectivity index (χ2v) is 4.22. The van der Waals surface area contributed by atoms with E-state index >= 15 is 0 Å². The van der Waals surface area contributed by atoms with Gasteiger partial charge in [-0.25, -0.2) is 14.8 Å². The van der Waals surface area contributed by atoms with Gasteiger partial charge in [-0.05, 0) is 20.8 Å². The van der Waals surface area contributed by atoms with Crippen molar-refractivity contribution in [2.24, 2.45) is 0 Å². The molecule has 96 valence electrons. The fraction of sp³-hybridized carbons (Fsp3) is 0.455. The average Bonchev–Trinajstić information content (AvgIpc) is 2.29. The minimum absolute atomic E-state index is 0.261. The number of ether oxygens (including phenoxy) is 1. The van der Waals surface area contributed by atoms with Gasteiger partial charge in [0.25, 0.3) is 0 Å². The van der Waals surface area contributed by atoms with Crippen molar-refractivity contribution in [2.75, 3.05) is 10.2 Å². The number of fused-ring (bicyclic) bond motifs is 1. The molecule has 7 nitrogen and oxygen atoms in total. The molecule has 1 aromatic rings. The first-order valence-corrected chi connectivity index (χ1v) is 5.61. The molecule has 0 unspecified atom stereocenters. The molecule has 2 rings (SSSR count). The molecule has 2 amide bonds. The van der Waals surface area contributed by atoms with Crippen LogP contribution in [0.3, 0.4) is 0 Å². The van der Waals surface area contributed by atoms with Crippen molar-refractivity contribution in [1.82, 2.24) is 9.97 Å². The van der Waals surface area contributed by atoms with Crippen LogP contribution in [0.2, 0.25) is 0 Å². The molecule has 0 saturated heterocycles. The second-order valence-electron chi connectivity index (χ2n) is 4.22. The predicted molar refractivity (Wildman–Crippen MR) is 64.2 cm³/mol. The highest BCUT2D eigenvalue weighted by Gasteiger charge is 2.36. The van der Waals surface area contributed by atoms with E-state index in [1.165, 1.54) is 17.4 Å². The topological polar surface area (TPSA) is 84.4 Å². The zero-order valence-corrected chi connectivity index (χ0v) is 10.4. The summed E-state index contributed by atoms with van der Waals surface area (Å²) < 4.78 is 5.12. The summed E-state index contributed by atoms with van der Waals surface area (Å²) in [5, 5.41) is 2.61. The lowest BCUT2D eigenvalue weighted by Crippen LogP contribution is -2.50. The number of hydrogen-bond acceptors (Lipinski definition) is 5. The summed E-state index contributed by atoms with van der Waals surface area (Å²) in [6.07, 6.45) is 1.94. The fourth-order valence-corrected chi connectivity index (χ4v) is 1.66.